The molecule has 2 atom stereocenters. The number of nitrogens with zero attached hydrogens (tertiary/aromatic N) is 4. The van der Waals surface area contributed by atoms with Crippen LogP contribution in [-0.4, -0.2) is 83.3 Å². The predicted octanol–water partition coefficient (Wildman–Crippen LogP) is 1.09. The zero-order valence-electron chi connectivity index (χ0n) is 17.0. The van der Waals surface area contributed by atoms with Gasteiger partial charge in [0.15, 0.2) is 0 Å². The van der Waals surface area contributed by atoms with Crippen LogP contribution in [0.4, 0.5) is 0 Å². The van der Waals surface area contributed by atoms with Crippen LogP contribution >= 0.6 is 0 Å². The molecule has 3 aliphatic heterocycles. The van der Waals surface area contributed by atoms with Gasteiger partial charge in [0.25, 0.3) is 5.91 Å². The molecule has 0 aliphatic carbocycles. The summed E-state index contributed by atoms with van der Waals surface area (Å²) >= 11 is 0. The first-order valence-corrected chi connectivity index (χ1v) is 10.9. The highest BCUT2D eigenvalue weighted by atomic mass is 16.5. The molecule has 1 N–H and O–H groups in total. The Bertz CT molecular complexity index is 689. The van der Waals surface area contributed by atoms with Crippen LogP contribution in [0.1, 0.15) is 48.9 Å². The number of carbonyl (C=O) groups excluding carboxylic acids is 2. The lowest BCUT2D eigenvalue weighted by Crippen LogP contribution is -2.49. The molecule has 3 fully saturated rings. The van der Waals surface area contributed by atoms with Crippen molar-refractivity contribution in [3.05, 3.63) is 24.0 Å². The number of aromatic nitrogens is 2. The van der Waals surface area contributed by atoms with Crippen LogP contribution in [0.2, 0.25) is 0 Å². The molecule has 0 spiro atoms. The van der Waals surface area contributed by atoms with Gasteiger partial charge in [-0.15, -0.1) is 0 Å². The molecule has 158 valence electrons. The van der Waals surface area contributed by atoms with Gasteiger partial charge in [-0.05, 0) is 44.6 Å². The van der Waals surface area contributed by atoms with Gasteiger partial charge in [-0.3, -0.25) is 14.5 Å². The molecule has 0 bridgehead atoms. The minimum absolute atomic E-state index is 0.0143. The molecule has 1 aromatic rings. The van der Waals surface area contributed by atoms with Gasteiger partial charge >= 0.3 is 0 Å². The van der Waals surface area contributed by atoms with Crippen molar-refractivity contribution < 1.29 is 14.3 Å². The Hall–Kier alpha value is -2.06. The second-order valence-corrected chi connectivity index (χ2v) is 8.41. The van der Waals surface area contributed by atoms with Crippen molar-refractivity contribution in [1.29, 1.82) is 0 Å². The Morgan fingerprint density at radius 1 is 1.03 bits per heavy atom. The maximum Gasteiger partial charge on any atom is 0.253 e. The average Bonchev–Trinajstić information content (AvgIpc) is 3.23. The summed E-state index contributed by atoms with van der Waals surface area (Å²) in [5.41, 5.74) is 0.520. The summed E-state index contributed by atoms with van der Waals surface area (Å²) in [6, 6.07) is 2.11. The van der Waals surface area contributed by atoms with Crippen molar-refractivity contribution in [1.82, 2.24) is 25.3 Å². The van der Waals surface area contributed by atoms with Crippen LogP contribution in [-0.2, 0) is 9.53 Å². The number of nitrogens with one attached hydrogen (secondary N) is 1. The van der Waals surface area contributed by atoms with Gasteiger partial charge in [-0.2, -0.15) is 10.2 Å². The van der Waals surface area contributed by atoms with Gasteiger partial charge in [-0.1, -0.05) is 0 Å². The number of likely N-dealkylation sites (tertiary alicyclic amines) is 2. The molecule has 0 aromatic carbocycles. The van der Waals surface area contributed by atoms with Gasteiger partial charge in [0.1, 0.15) is 0 Å². The Balaban J connectivity index is 1.45. The summed E-state index contributed by atoms with van der Waals surface area (Å²) in [5.74, 6) is 0.187. The number of ether oxygens (including phenoxy) is 1. The molecule has 1 aromatic heterocycles. The molecular weight excluding hydrogens is 370 g/mol. The van der Waals surface area contributed by atoms with E-state index in [-0.39, 0.29) is 17.9 Å². The summed E-state index contributed by atoms with van der Waals surface area (Å²) in [6.07, 6.45) is 8.84. The number of rotatable bonds is 4. The number of hydrogen-bond acceptors (Lipinski definition) is 6. The molecule has 0 saturated carbocycles. The third kappa shape index (κ3) is 5.11. The Labute approximate surface area is 172 Å². The van der Waals surface area contributed by atoms with E-state index < -0.39 is 0 Å². The summed E-state index contributed by atoms with van der Waals surface area (Å²) < 4.78 is 5.54. The van der Waals surface area contributed by atoms with E-state index in [1.54, 1.807) is 6.07 Å². The van der Waals surface area contributed by atoms with Gasteiger partial charge < -0.3 is 15.0 Å². The highest BCUT2D eigenvalue weighted by Crippen LogP contribution is 2.25. The molecule has 0 radical (unpaired) electrons. The standard InChI is InChI=1S/C21H31N5O3/c27-20(16-5-8-22-23-13-16)24-18-4-3-17(21(28)25-9-1-2-10-25)14-26(15-18)19-6-11-29-12-7-19/h5,8,13,17-19H,1-4,6-7,9-12,14-15H2,(H,24,27)/t17-,18+/m1/s1. The monoisotopic (exact) mass is 401 g/mol. The lowest BCUT2D eigenvalue weighted by atomic mass is 9.99. The fourth-order valence-electron chi connectivity index (χ4n) is 4.78. The number of hydrogen-bond donors (Lipinski definition) is 1. The average molecular weight is 402 g/mol. The van der Waals surface area contributed by atoms with Crippen molar-refractivity contribution in [3.63, 3.8) is 0 Å². The molecule has 4 heterocycles. The zero-order chi connectivity index (χ0) is 20.1. The zero-order valence-corrected chi connectivity index (χ0v) is 17.0. The van der Waals surface area contributed by atoms with Crippen LogP contribution in [0, 0.1) is 5.92 Å². The predicted molar refractivity (Wildman–Crippen MR) is 107 cm³/mol. The summed E-state index contributed by atoms with van der Waals surface area (Å²) in [6.45, 7) is 4.88. The largest absolute Gasteiger partial charge is 0.381 e. The SMILES string of the molecule is O=C(N[C@H]1CC[C@@H](C(=O)N2CCCC2)CN(C2CCOCC2)C1)c1ccnnc1. The molecule has 4 rings (SSSR count). The fraction of sp³-hybridized carbons (Fsp3) is 0.714. The molecule has 8 nitrogen and oxygen atoms in total. The smallest absolute Gasteiger partial charge is 0.253 e. The van der Waals surface area contributed by atoms with E-state index in [4.69, 9.17) is 4.74 Å². The number of amides is 2. The van der Waals surface area contributed by atoms with E-state index in [1.807, 2.05) is 4.90 Å². The van der Waals surface area contributed by atoms with Crippen LogP contribution in [0.15, 0.2) is 18.5 Å². The molecule has 29 heavy (non-hydrogen) atoms. The fourth-order valence-corrected chi connectivity index (χ4v) is 4.78. The molecule has 3 aliphatic rings. The van der Waals surface area contributed by atoms with Gasteiger partial charge in [-0.25, -0.2) is 0 Å². The first-order valence-electron chi connectivity index (χ1n) is 10.9. The normalized spacial score (nSPS) is 26.8. The summed E-state index contributed by atoms with van der Waals surface area (Å²) in [5, 5.41) is 10.7. The van der Waals surface area contributed by atoms with Crippen molar-refractivity contribution in [2.24, 2.45) is 5.92 Å². The van der Waals surface area contributed by atoms with Crippen molar-refractivity contribution in [2.45, 2.75) is 50.6 Å². The molecule has 3 saturated heterocycles. The lowest BCUT2D eigenvalue weighted by molar-refractivity contribution is -0.135. The van der Waals surface area contributed by atoms with E-state index in [2.05, 4.69) is 20.4 Å². The third-order valence-electron chi connectivity index (χ3n) is 6.43. The first-order chi connectivity index (χ1) is 14.2. The highest BCUT2D eigenvalue weighted by molar-refractivity contribution is 5.93. The maximum absolute atomic E-state index is 13.1. The first kappa shape index (κ1) is 20.2. The van der Waals surface area contributed by atoms with Crippen LogP contribution in [0.5, 0.6) is 0 Å². The van der Waals surface area contributed by atoms with Crippen LogP contribution in [0.3, 0.4) is 0 Å². The van der Waals surface area contributed by atoms with Crippen molar-refractivity contribution >= 4 is 11.8 Å². The maximum atomic E-state index is 13.1. The van der Waals surface area contributed by atoms with Crippen LogP contribution in [0.25, 0.3) is 0 Å². The lowest BCUT2D eigenvalue weighted by Gasteiger charge is -2.36. The Kier molecular flexibility index (Phi) is 6.71. The van der Waals surface area contributed by atoms with E-state index in [0.29, 0.717) is 17.5 Å². The Morgan fingerprint density at radius 3 is 2.55 bits per heavy atom. The van der Waals surface area contributed by atoms with E-state index in [9.17, 15) is 9.59 Å². The summed E-state index contributed by atoms with van der Waals surface area (Å²) in [4.78, 5) is 30.2. The molecule has 0 unspecified atom stereocenters. The van der Waals surface area contributed by atoms with Crippen molar-refractivity contribution in [2.75, 3.05) is 39.4 Å². The molecule has 2 amide bonds. The highest BCUT2D eigenvalue weighted by Gasteiger charge is 2.35. The van der Waals surface area contributed by atoms with E-state index in [1.165, 1.54) is 12.4 Å². The third-order valence-corrected chi connectivity index (χ3v) is 6.43. The van der Waals surface area contributed by atoms with E-state index >= 15 is 0 Å². The number of carbonyl (C=O) groups is 2. The van der Waals surface area contributed by atoms with Gasteiger partial charge in [0.2, 0.25) is 5.91 Å². The minimum atomic E-state index is -0.124. The van der Waals surface area contributed by atoms with Crippen LogP contribution < -0.4 is 5.32 Å². The second-order valence-electron chi connectivity index (χ2n) is 8.41. The Morgan fingerprint density at radius 2 is 1.83 bits per heavy atom. The van der Waals surface area contributed by atoms with Crippen molar-refractivity contribution in [3.8, 4) is 0 Å². The quantitative estimate of drug-likeness (QED) is 0.813. The molecule has 8 heteroatoms. The van der Waals surface area contributed by atoms with Gasteiger partial charge in [0.05, 0.1) is 23.9 Å². The molecular formula is C21H31N5O3. The van der Waals surface area contributed by atoms with E-state index in [0.717, 1.165) is 77.9 Å². The van der Waals surface area contributed by atoms with Gasteiger partial charge in [0, 0.05) is 51.5 Å². The second kappa shape index (κ2) is 9.63. The minimum Gasteiger partial charge on any atom is -0.381 e. The summed E-state index contributed by atoms with van der Waals surface area (Å²) in [7, 11) is 0. The topological polar surface area (TPSA) is 87.7 Å².